The standard InChI is InChI=1S/C23H31N/c1-5-7-8-13-18(6-2)24-21-16-11-9-14-19(21)23(3,4)20-15-10-12-17-22(20)24/h9-12,14-18H,5-8,13H2,1-4H3. The summed E-state index contributed by atoms with van der Waals surface area (Å²) in [5.41, 5.74) is 5.79. The normalized spacial score (nSPS) is 16.4. The Morgan fingerprint density at radius 2 is 1.38 bits per heavy atom. The summed E-state index contributed by atoms with van der Waals surface area (Å²) in [6, 6.07) is 18.6. The minimum atomic E-state index is 0.0609. The highest BCUT2D eigenvalue weighted by atomic mass is 15.2. The average Bonchev–Trinajstić information content (AvgIpc) is 2.61. The van der Waals surface area contributed by atoms with Crippen LogP contribution in [0.5, 0.6) is 0 Å². The van der Waals surface area contributed by atoms with Crippen LogP contribution in [0.3, 0.4) is 0 Å². The second kappa shape index (κ2) is 7.01. The van der Waals surface area contributed by atoms with Crippen molar-refractivity contribution in [3.05, 3.63) is 59.7 Å². The Morgan fingerprint density at radius 3 is 1.88 bits per heavy atom. The summed E-state index contributed by atoms with van der Waals surface area (Å²) in [6.45, 7) is 9.34. The van der Waals surface area contributed by atoms with Crippen molar-refractivity contribution in [1.29, 1.82) is 0 Å². The first-order chi connectivity index (χ1) is 11.6. The lowest BCUT2D eigenvalue weighted by atomic mass is 9.73. The summed E-state index contributed by atoms with van der Waals surface area (Å²) in [7, 11) is 0. The number of unbranched alkanes of at least 4 members (excludes halogenated alkanes) is 2. The molecule has 1 heteroatoms. The molecule has 1 atom stereocenters. The van der Waals surface area contributed by atoms with Gasteiger partial charge in [0.1, 0.15) is 0 Å². The van der Waals surface area contributed by atoms with E-state index in [1.807, 2.05) is 0 Å². The van der Waals surface area contributed by atoms with E-state index in [2.05, 4.69) is 81.1 Å². The maximum atomic E-state index is 2.63. The molecule has 1 aliphatic rings. The van der Waals surface area contributed by atoms with Gasteiger partial charge in [0.25, 0.3) is 0 Å². The lowest BCUT2D eigenvalue weighted by Gasteiger charge is -2.45. The average molecular weight is 322 g/mol. The Hall–Kier alpha value is -1.76. The molecule has 0 saturated heterocycles. The van der Waals surface area contributed by atoms with E-state index >= 15 is 0 Å². The van der Waals surface area contributed by atoms with Crippen LogP contribution in [0.15, 0.2) is 48.5 Å². The molecule has 1 heterocycles. The monoisotopic (exact) mass is 321 g/mol. The van der Waals surface area contributed by atoms with Crippen LogP contribution < -0.4 is 4.90 Å². The fourth-order valence-corrected chi connectivity index (χ4v) is 4.24. The van der Waals surface area contributed by atoms with Crippen molar-refractivity contribution in [2.24, 2.45) is 0 Å². The quantitative estimate of drug-likeness (QED) is 0.527. The van der Waals surface area contributed by atoms with Gasteiger partial charge in [0.2, 0.25) is 0 Å². The molecule has 0 saturated carbocycles. The number of anilines is 2. The number of fused-ring (bicyclic) bond motifs is 2. The van der Waals surface area contributed by atoms with Crippen LogP contribution in [0.25, 0.3) is 0 Å². The first-order valence-electron chi connectivity index (χ1n) is 9.59. The zero-order chi connectivity index (χ0) is 17.2. The van der Waals surface area contributed by atoms with E-state index in [9.17, 15) is 0 Å². The lowest BCUT2D eigenvalue weighted by molar-refractivity contribution is 0.521. The van der Waals surface area contributed by atoms with E-state index in [4.69, 9.17) is 0 Å². The highest BCUT2D eigenvalue weighted by molar-refractivity contribution is 5.78. The van der Waals surface area contributed by atoms with E-state index in [0.29, 0.717) is 6.04 Å². The predicted octanol–water partition coefficient (Wildman–Crippen LogP) is 6.82. The van der Waals surface area contributed by atoms with Crippen LogP contribution in [0.4, 0.5) is 11.4 Å². The first kappa shape index (κ1) is 17.1. The molecule has 1 unspecified atom stereocenters. The van der Waals surface area contributed by atoms with Crippen molar-refractivity contribution in [1.82, 2.24) is 0 Å². The van der Waals surface area contributed by atoms with E-state index in [1.54, 1.807) is 0 Å². The number of hydrogen-bond acceptors (Lipinski definition) is 1. The van der Waals surface area contributed by atoms with Gasteiger partial charge in [0.05, 0.1) is 0 Å². The maximum absolute atomic E-state index is 2.63. The van der Waals surface area contributed by atoms with E-state index in [-0.39, 0.29) is 5.41 Å². The molecule has 24 heavy (non-hydrogen) atoms. The molecule has 0 amide bonds. The smallest absolute Gasteiger partial charge is 0.0454 e. The van der Waals surface area contributed by atoms with Gasteiger partial charge in [-0.3, -0.25) is 0 Å². The Morgan fingerprint density at radius 1 is 0.833 bits per heavy atom. The molecule has 0 aromatic heterocycles. The highest BCUT2D eigenvalue weighted by Gasteiger charge is 2.37. The van der Waals surface area contributed by atoms with Gasteiger partial charge in [-0.15, -0.1) is 0 Å². The zero-order valence-corrected chi connectivity index (χ0v) is 15.7. The number of benzene rings is 2. The number of nitrogens with zero attached hydrogens (tertiary/aromatic N) is 1. The van der Waals surface area contributed by atoms with Crippen molar-refractivity contribution < 1.29 is 0 Å². The Bertz CT molecular complexity index is 636. The van der Waals surface area contributed by atoms with Gasteiger partial charge >= 0.3 is 0 Å². The first-order valence-corrected chi connectivity index (χ1v) is 9.59. The van der Waals surface area contributed by atoms with Gasteiger partial charge in [0, 0.05) is 22.8 Å². The maximum Gasteiger partial charge on any atom is 0.0454 e. The number of rotatable bonds is 6. The molecule has 1 nitrogen and oxygen atoms in total. The second-order valence-corrected chi connectivity index (χ2v) is 7.59. The van der Waals surface area contributed by atoms with Crippen LogP contribution in [-0.2, 0) is 5.41 Å². The van der Waals surface area contributed by atoms with Crippen molar-refractivity contribution in [2.45, 2.75) is 71.3 Å². The number of para-hydroxylation sites is 2. The molecule has 3 rings (SSSR count). The molecule has 2 aromatic rings. The third-order valence-corrected chi connectivity index (χ3v) is 5.65. The van der Waals surface area contributed by atoms with Crippen molar-refractivity contribution in [2.75, 3.05) is 4.90 Å². The minimum absolute atomic E-state index is 0.0609. The van der Waals surface area contributed by atoms with E-state index in [1.165, 1.54) is 54.6 Å². The van der Waals surface area contributed by atoms with Crippen molar-refractivity contribution >= 4 is 11.4 Å². The molecule has 0 N–H and O–H groups in total. The summed E-state index contributed by atoms with van der Waals surface area (Å²) in [4.78, 5) is 2.63. The third-order valence-electron chi connectivity index (χ3n) is 5.65. The third kappa shape index (κ3) is 2.85. The summed E-state index contributed by atoms with van der Waals surface area (Å²) in [5.74, 6) is 0. The molecule has 0 aliphatic carbocycles. The molecule has 0 radical (unpaired) electrons. The summed E-state index contributed by atoms with van der Waals surface area (Å²) in [6.07, 6.45) is 6.40. The predicted molar refractivity (Wildman–Crippen MR) is 105 cm³/mol. The molecular formula is C23H31N. The molecule has 2 aromatic carbocycles. The SMILES string of the molecule is CCCCCC(CC)N1c2ccccc2C(C)(C)c2ccccc21. The Labute approximate surface area is 147 Å². The van der Waals surface area contributed by atoms with E-state index < -0.39 is 0 Å². The van der Waals surface area contributed by atoms with E-state index in [0.717, 1.165) is 0 Å². The lowest BCUT2D eigenvalue weighted by Crippen LogP contribution is -2.38. The molecule has 1 aliphatic heterocycles. The molecule has 0 bridgehead atoms. The van der Waals surface area contributed by atoms with Gasteiger partial charge in [0.15, 0.2) is 0 Å². The van der Waals surface area contributed by atoms with Crippen molar-refractivity contribution in [3.8, 4) is 0 Å². The van der Waals surface area contributed by atoms with Crippen molar-refractivity contribution in [3.63, 3.8) is 0 Å². The minimum Gasteiger partial charge on any atom is -0.338 e. The Kier molecular flexibility index (Phi) is 4.99. The topological polar surface area (TPSA) is 3.24 Å². The highest BCUT2D eigenvalue weighted by Crippen LogP contribution is 2.50. The van der Waals surface area contributed by atoms with Crippen LogP contribution in [0.2, 0.25) is 0 Å². The van der Waals surface area contributed by atoms with Crippen LogP contribution in [-0.4, -0.2) is 6.04 Å². The van der Waals surface area contributed by atoms with Gasteiger partial charge in [-0.25, -0.2) is 0 Å². The summed E-state index contributed by atoms with van der Waals surface area (Å²) in [5, 5.41) is 0. The fourth-order valence-electron chi connectivity index (χ4n) is 4.24. The number of hydrogen-bond donors (Lipinski definition) is 0. The largest absolute Gasteiger partial charge is 0.338 e. The zero-order valence-electron chi connectivity index (χ0n) is 15.7. The van der Waals surface area contributed by atoms with Gasteiger partial charge < -0.3 is 4.90 Å². The second-order valence-electron chi connectivity index (χ2n) is 7.59. The molecule has 0 fully saturated rings. The summed E-state index contributed by atoms with van der Waals surface area (Å²) >= 11 is 0. The van der Waals surface area contributed by atoms with Crippen LogP contribution in [0, 0.1) is 0 Å². The summed E-state index contributed by atoms with van der Waals surface area (Å²) < 4.78 is 0. The Balaban J connectivity index is 2.09. The molecule has 0 spiro atoms. The molecular weight excluding hydrogens is 290 g/mol. The van der Waals surface area contributed by atoms with Gasteiger partial charge in [-0.05, 0) is 36.1 Å². The van der Waals surface area contributed by atoms with Gasteiger partial charge in [-0.1, -0.05) is 83.4 Å². The van der Waals surface area contributed by atoms with Crippen LogP contribution >= 0.6 is 0 Å². The van der Waals surface area contributed by atoms with Gasteiger partial charge in [-0.2, -0.15) is 0 Å². The molecule has 128 valence electrons. The van der Waals surface area contributed by atoms with Crippen LogP contribution in [0.1, 0.15) is 70.9 Å². The fraction of sp³-hybridized carbons (Fsp3) is 0.478.